The van der Waals surface area contributed by atoms with Crippen molar-refractivity contribution < 1.29 is 0 Å². The third kappa shape index (κ3) is 2.21. The Morgan fingerprint density at radius 1 is 1.40 bits per heavy atom. The Kier molecular flexibility index (Phi) is 3.07. The summed E-state index contributed by atoms with van der Waals surface area (Å²) in [5, 5.41) is 5.15. The van der Waals surface area contributed by atoms with E-state index in [1.165, 1.54) is 0 Å². The first-order valence-electron chi connectivity index (χ1n) is 5.09. The fourth-order valence-corrected chi connectivity index (χ4v) is 1.78. The summed E-state index contributed by atoms with van der Waals surface area (Å²) in [6, 6.07) is 7.79. The molecule has 0 aliphatic carbocycles. The summed E-state index contributed by atoms with van der Waals surface area (Å²) in [6.07, 6.45) is 2.88. The molecule has 1 aromatic heterocycles. The Morgan fingerprint density at radius 2 is 2.27 bits per heavy atom. The molecule has 0 unspecified atom stereocenters. The zero-order valence-corrected chi connectivity index (χ0v) is 9.38. The van der Waals surface area contributed by atoms with Gasteiger partial charge in [-0.25, -0.2) is 0 Å². The minimum Gasteiger partial charge on any atom is -0.383 e. The molecule has 0 aliphatic heterocycles. The van der Waals surface area contributed by atoms with Crippen LogP contribution in [-0.2, 0) is 0 Å². The first-order chi connectivity index (χ1) is 7.31. The molecule has 15 heavy (non-hydrogen) atoms. The molecule has 0 radical (unpaired) electrons. The molecular formula is C12H13ClN2. The van der Waals surface area contributed by atoms with E-state index in [0.717, 1.165) is 34.6 Å². The standard InChI is InChI=1S/C12H13ClN2/c1-2-5-14-11-8-10(13)7-9-4-3-6-15-12(9)11/h3-4,6-8,14H,2,5H2,1H3. The minimum absolute atomic E-state index is 0.745. The van der Waals surface area contributed by atoms with Crippen molar-refractivity contribution in [2.45, 2.75) is 13.3 Å². The zero-order valence-electron chi connectivity index (χ0n) is 8.63. The van der Waals surface area contributed by atoms with Gasteiger partial charge < -0.3 is 5.32 Å². The molecule has 78 valence electrons. The molecule has 2 aromatic rings. The molecule has 0 aliphatic rings. The van der Waals surface area contributed by atoms with Crippen LogP contribution >= 0.6 is 11.6 Å². The Bertz CT molecular complexity index is 468. The van der Waals surface area contributed by atoms with Gasteiger partial charge in [-0.1, -0.05) is 24.6 Å². The van der Waals surface area contributed by atoms with Crippen LogP contribution in [0.4, 0.5) is 5.69 Å². The number of nitrogens with zero attached hydrogens (tertiary/aromatic N) is 1. The van der Waals surface area contributed by atoms with E-state index < -0.39 is 0 Å². The Balaban J connectivity index is 2.50. The van der Waals surface area contributed by atoms with Crippen LogP contribution in [0, 0.1) is 0 Å². The Hall–Kier alpha value is -1.28. The van der Waals surface area contributed by atoms with Gasteiger partial charge in [-0.15, -0.1) is 0 Å². The van der Waals surface area contributed by atoms with Gasteiger partial charge in [0.1, 0.15) is 0 Å². The number of fused-ring (bicyclic) bond motifs is 1. The van der Waals surface area contributed by atoms with Crippen molar-refractivity contribution >= 4 is 28.2 Å². The number of aromatic nitrogens is 1. The third-order valence-corrected chi connectivity index (χ3v) is 2.45. The van der Waals surface area contributed by atoms with E-state index in [9.17, 15) is 0 Å². The summed E-state index contributed by atoms with van der Waals surface area (Å²) in [4.78, 5) is 4.35. The number of hydrogen-bond acceptors (Lipinski definition) is 2. The predicted octanol–water partition coefficient (Wildman–Crippen LogP) is 3.71. The third-order valence-electron chi connectivity index (χ3n) is 2.24. The highest BCUT2D eigenvalue weighted by atomic mass is 35.5. The Labute approximate surface area is 94.3 Å². The monoisotopic (exact) mass is 220 g/mol. The molecule has 2 nitrogen and oxygen atoms in total. The molecule has 0 saturated carbocycles. The fraction of sp³-hybridized carbons (Fsp3) is 0.250. The lowest BCUT2D eigenvalue weighted by molar-refractivity contribution is 0.981. The van der Waals surface area contributed by atoms with Gasteiger partial charge in [0.05, 0.1) is 11.2 Å². The molecule has 0 fully saturated rings. The summed E-state index contributed by atoms with van der Waals surface area (Å²) in [5.41, 5.74) is 2.00. The van der Waals surface area contributed by atoms with Crippen LogP contribution in [0.15, 0.2) is 30.5 Å². The van der Waals surface area contributed by atoms with Gasteiger partial charge in [0.25, 0.3) is 0 Å². The van der Waals surface area contributed by atoms with Crippen molar-refractivity contribution in [3.8, 4) is 0 Å². The van der Waals surface area contributed by atoms with Crippen LogP contribution in [0.1, 0.15) is 13.3 Å². The van der Waals surface area contributed by atoms with Crippen molar-refractivity contribution in [3.05, 3.63) is 35.5 Å². The van der Waals surface area contributed by atoms with Gasteiger partial charge in [0, 0.05) is 23.2 Å². The summed E-state index contributed by atoms with van der Waals surface area (Å²) < 4.78 is 0. The molecule has 0 atom stereocenters. The van der Waals surface area contributed by atoms with E-state index in [2.05, 4.69) is 17.2 Å². The van der Waals surface area contributed by atoms with Gasteiger partial charge in [0.2, 0.25) is 0 Å². The summed E-state index contributed by atoms with van der Waals surface area (Å²) >= 11 is 6.03. The summed E-state index contributed by atoms with van der Waals surface area (Å²) in [7, 11) is 0. The average molecular weight is 221 g/mol. The van der Waals surface area contributed by atoms with E-state index in [1.54, 1.807) is 6.20 Å². The summed E-state index contributed by atoms with van der Waals surface area (Å²) in [6.45, 7) is 3.07. The first-order valence-corrected chi connectivity index (χ1v) is 5.47. The highest BCUT2D eigenvalue weighted by molar-refractivity contribution is 6.31. The second-order valence-corrected chi connectivity index (χ2v) is 3.89. The van der Waals surface area contributed by atoms with Crippen LogP contribution < -0.4 is 5.32 Å². The quantitative estimate of drug-likeness (QED) is 0.853. The van der Waals surface area contributed by atoms with Crippen LogP contribution in [0.2, 0.25) is 5.02 Å². The van der Waals surface area contributed by atoms with Crippen LogP contribution in [0.25, 0.3) is 10.9 Å². The molecule has 3 heteroatoms. The number of benzene rings is 1. The number of rotatable bonds is 3. The number of hydrogen-bond donors (Lipinski definition) is 1. The number of anilines is 1. The molecule has 2 rings (SSSR count). The molecule has 0 saturated heterocycles. The first kappa shape index (κ1) is 10.2. The van der Waals surface area contributed by atoms with Crippen molar-refractivity contribution in [2.75, 3.05) is 11.9 Å². The molecule has 0 spiro atoms. The largest absolute Gasteiger partial charge is 0.383 e. The second kappa shape index (κ2) is 4.49. The lowest BCUT2D eigenvalue weighted by atomic mass is 10.2. The lowest BCUT2D eigenvalue weighted by Gasteiger charge is -2.08. The molecule has 1 heterocycles. The Morgan fingerprint density at radius 3 is 3.07 bits per heavy atom. The zero-order chi connectivity index (χ0) is 10.7. The minimum atomic E-state index is 0.745. The van der Waals surface area contributed by atoms with Crippen molar-refractivity contribution in [1.82, 2.24) is 4.98 Å². The number of halogens is 1. The normalized spacial score (nSPS) is 10.5. The van der Waals surface area contributed by atoms with Gasteiger partial charge >= 0.3 is 0 Å². The van der Waals surface area contributed by atoms with Crippen molar-refractivity contribution in [3.63, 3.8) is 0 Å². The molecule has 0 bridgehead atoms. The molecular weight excluding hydrogens is 208 g/mol. The van der Waals surface area contributed by atoms with Gasteiger partial charge in [-0.2, -0.15) is 0 Å². The second-order valence-electron chi connectivity index (χ2n) is 3.46. The van der Waals surface area contributed by atoms with Crippen LogP contribution in [0.5, 0.6) is 0 Å². The number of pyridine rings is 1. The van der Waals surface area contributed by atoms with Crippen molar-refractivity contribution in [1.29, 1.82) is 0 Å². The fourth-order valence-electron chi connectivity index (χ4n) is 1.55. The van der Waals surface area contributed by atoms with E-state index in [-0.39, 0.29) is 0 Å². The topological polar surface area (TPSA) is 24.9 Å². The maximum atomic E-state index is 6.03. The van der Waals surface area contributed by atoms with E-state index in [0.29, 0.717) is 0 Å². The van der Waals surface area contributed by atoms with Gasteiger partial charge in [-0.05, 0) is 24.6 Å². The number of nitrogens with one attached hydrogen (secondary N) is 1. The SMILES string of the molecule is CCCNc1cc(Cl)cc2cccnc12. The average Bonchev–Trinajstić information content (AvgIpc) is 2.25. The summed E-state index contributed by atoms with van der Waals surface area (Å²) in [5.74, 6) is 0. The highest BCUT2D eigenvalue weighted by Crippen LogP contribution is 2.25. The van der Waals surface area contributed by atoms with Crippen molar-refractivity contribution in [2.24, 2.45) is 0 Å². The van der Waals surface area contributed by atoms with Crippen LogP contribution in [-0.4, -0.2) is 11.5 Å². The van der Waals surface area contributed by atoms with Gasteiger partial charge in [0.15, 0.2) is 0 Å². The smallest absolute Gasteiger partial charge is 0.0934 e. The lowest BCUT2D eigenvalue weighted by Crippen LogP contribution is -2.00. The van der Waals surface area contributed by atoms with E-state index in [4.69, 9.17) is 11.6 Å². The maximum Gasteiger partial charge on any atom is 0.0934 e. The van der Waals surface area contributed by atoms with Crippen LogP contribution in [0.3, 0.4) is 0 Å². The molecule has 1 N–H and O–H groups in total. The highest BCUT2D eigenvalue weighted by Gasteiger charge is 2.02. The molecule has 1 aromatic carbocycles. The van der Waals surface area contributed by atoms with E-state index in [1.807, 2.05) is 24.3 Å². The molecule has 0 amide bonds. The maximum absolute atomic E-state index is 6.03. The predicted molar refractivity (Wildman–Crippen MR) is 65.5 cm³/mol. The van der Waals surface area contributed by atoms with Gasteiger partial charge in [-0.3, -0.25) is 4.98 Å². The van der Waals surface area contributed by atoms with E-state index >= 15 is 0 Å².